The van der Waals surface area contributed by atoms with Crippen LogP contribution in [0.25, 0.3) is 0 Å². The number of alkyl halides is 1. The molecular weight excluding hydrogens is 1140 g/mol. The molecule has 1 N–H and O–H groups in total. The zero-order valence-corrected chi connectivity index (χ0v) is 53.4. The molecule has 0 spiro atoms. The minimum atomic E-state index is -0.0868. The smallest absolute Gasteiger partial charge is 0.160 e. The number of ether oxygens (including phenoxy) is 7. The van der Waals surface area contributed by atoms with Gasteiger partial charge in [0, 0.05) is 77.3 Å². The summed E-state index contributed by atoms with van der Waals surface area (Å²) in [6, 6.07) is 0. The van der Waals surface area contributed by atoms with Crippen LogP contribution in [-0.2, 0) is 38.0 Å². The van der Waals surface area contributed by atoms with Crippen LogP contribution in [0, 0.1) is 24.2 Å². The number of carbonyl (C=O) groups excluding carboxylic acids is 1. The quantitative estimate of drug-likeness (QED) is 0.0156. The number of aldehydes is 1. The molecule has 2 unspecified atom stereocenters. The summed E-state index contributed by atoms with van der Waals surface area (Å²) < 4.78 is 39.4. The van der Waals surface area contributed by atoms with Crippen LogP contribution in [-0.4, -0.2) is 95.1 Å². The molecule has 0 aromatic heterocycles. The van der Waals surface area contributed by atoms with Gasteiger partial charge in [0.2, 0.25) is 0 Å². The maximum Gasteiger partial charge on any atom is 0.160 e. The largest absolute Gasteiger partial charge is 0.396 e. The Morgan fingerprint density at radius 1 is 0.597 bits per heavy atom. The summed E-state index contributed by atoms with van der Waals surface area (Å²) in [4.78, 5) is 9.76. The van der Waals surface area contributed by atoms with E-state index < -0.39 is 0 Å². The molecule has 3 aliphatic heterocycles. The van der Waals surface area contributed by atoms with Crippen molar-refractivity contribution in [3.63, 3.8) is 0 Å². The van der Waals surface area contributed by atoms with E-state index in [4.69, 9.17) is 44.7 Å². The minimum absolute atomic E-state index is 0.0112. The van der Waals surface area contributed by atoms with Crippen LogP contribution in [0.4, 0.5) is 0 Å². The summed E-state index contributed by atoms with van der Waals surface area (Å²) in [6.45, 7) is 23.2. The van der Waals surface area contributed by atoms with Gasteiger partial charge in [0.15, 0.2) is 18.9 Å². The van der Waals surface area contributed by atoms with Crippen molar-refractivity contribution in [1.29, 1.82) is 0 Å². The lowest BCUT2D eigenvalue weighted by atomic mass is 10.2. The van der Waals surface area contributed by atoms with Gasteiger partial charge in [-0.25, -0.2) is 0 Å². The number of hydrogen-bond acceptors (Lipinski definition) is 9. The highest BCUT2D eigenvalue weighted by atomic mass is 127. The van der Waals surface area contributed by atoms with Gasteiger partial charge < -0.3 is 43.1 Å². The first-order valence-electron chi connectivity index (χ1n) is 28.8. The molecule has 0 radical (unpaired) electrons. The molecular formula is C66H110BrIO9. The Morgan fingerprint density at radius 3 is 1.43 bits per heavy atom. The molecule has 3 heterocycles. The van der Waals surface area contributed by atoms with Gasteiger partial charge in [-0.15, -0.1) is 12.3 Å². The third kappa shape index (κ3) is 87.2. The van der Waals surface area contributed by atoms with Crippen LogP contribution in [0.5, 0.6) is 0 Å². The van der Waals surface area contributed by atoms with E-state index in [1.807, 2.05) is 72.6 Å². The molecule has 11 heteroatoms. The number of allylic oxidation sites excluding steroid dienone is 17. The van der Waals surface area contributed by atoms with Gasteiger partial charge in [-0.05, 0) is 127 Å². The first-order chi connectivity index (χ1) is 37.9. The molecule has 3 rings (SSSR count). The number of carbonyl (C=O) groups is 1. The van der Waals surface area contributed by atoms with Crippen LogP contribution >= 0.6 is 38.5 Å². The van der Waals surface area contributed by atoms with Crippen molar-refractivity contribution < 1.29 is 43.1 Å². The predicted octanol–water partition coefficient (Wildman–Crippen LogP) is 18.2. The van der Waals surface area contributed by atoms with Gasteiger partial charge in [0.1, 0.15) is 6.29 Å². The summed E-state index contributed by atoms with van der Waals surface area (Å²) >= 11 is 5.55. The Labute approximate surface area is 495 Å². The van der Waals surface area contributed by atoms with Crippen LogP contribution < -0.4 is 0 Å². The Kier molecular flexibility index (Phi) is 90.9. The lowest BCUT2D eigenvalue weighted by Crippen LogP contribution is -2.22. The van der Waals surface area contributed by atoms with Gasteiger partial charge in [-0.3, -0.25) is 0 Å². The number of rotatable bonds is 28. The maximum absolute atomic E-state index is 9.76. The second-order valence-electron chi connectivity index (χ2n) is 16.3. The molecule has 0 aromatic rings. The van der Waals surface area contributed by atoms with Gasteiger partial charge >= 0.3 is 0 Å². The van der Waals surface area contributed by atoms with Crippen molar-refractivity contribution in [1.82, 2.24) is 0 Å². The molecule has 0 amide bonds. The second-order valence-corrected chi connectivity index (χ2v) is 17.8. The number of halogens is 2. The number of aliphatic hydroxyl groups is 1. The van der Waals surface area contributed by atoms with E-state index in [0.717, 1.165) is 122 Å². The van der Waals surface area contributed by atoms with Crippen molar-refractivity contribution in [3.8, 4) is 24.2 Å². The first-order valence-corrected chi connectivity index (χ1v) is 31.2. The predicted molar refractivity (Wildman–Crippen MR) is 345 cm³/mol. The van der Waals surface area contributed by atoms with Crippen molar-refractivity contribution in [2.75, 3.05) is 64.8 Å². The van der Waals surface area contributed by atoms with Gasteiger partial charge in [-0.1, -0.05) is 201 Å². The van der Waals surface area contributed by atoms with Gasteiger partial charge in [0.05, 0.1) is 13.2 Å². The SMILES string of the molecule is C#CCCOC1CCCCO1.C1CCOC1.CC/C=C/C#CCCOC1CCCCO1.CC/C=C/C=C\CC(OCC)OCC.CC/C=C/C=C\CC=O.CC/C=C/C=C\CCBr.CC/C=C/C=C\CCO.CC/C=C/I. The third-order valence-corrected chi connectivity index (χ3v) is 10.3. The Bertz CT molecular complexity index is 1490. The molecule has 3 aliphatic rings. The van der Waals surface area contributed by atoms with E-state index in [2.05, 4.69) is 159 Å². The van der Waals surface area contributed by atoms with Crippen LogP contribution in [0.2, 0.25) is 0 Å². The monoisotopic (exact) mass is 1250 g/mol. The number of terminal acetylenes is 1. The average Bonchev–Trinajstić information content (AvgIpc) is 4.06. The molecule has 2 atom stereocenters. The molecule has 77 heavy (non-hydrogen) atoms. The fourth-order valence-electron chi connectivity index (χ4n) is 5.47. The molecule has 3 fully saturated rings. The minimum Gasteiger partial charge on any atom is -0.396 e. The highest BCUT2D eigenvalue weighted by Crippen LogP contribution is 2.14. The number of hydrogen-bond donors (Lipinski definition) is 1. The van der Waals surface area contributed by atoms with Crippen molar-refractivity contribution >= 4 is 44.8 Å². The van der Waals surface area contributed by atoms with Crippen molar-refractivity contribution in [2.24, 2.45) is 0 Å². The topological polar surface area (TPSA) is 102 Å². The van der Waals surface area contributed by atoms with Gasteiger partial charge in [-0.2, -0.15) is 0 Å². The van der Waals surface area contributed by atoms with E-state index in [-0.39, 0.29) is 25.5 Å². The van der Waals surface area contributed by atoms with E-state index in [0.29, 0.717) is 39.3 Å². The summed E-state index contributed by atoms with van der Waals surface area (Å²) in [5.41, 5.74) is 0. The van der Waals surface area contributed by atoms with Gasteiger partial charge in [0.25, 0.3) is 0 Å². The highest BCUT2D eigenvalue weighted by molar-refractivity contribution is 14.1. The molecule has 3 saturated heterocycles. The van der Waals surface area contributed by atoms with Crippen LogP contribution in [0.1, 0.15) is 184 Å². The first kappa shape index (κ1) is 82.9. The Balaban J connectivity index is -0.000000262. The summed E-state index contributed by atoms with van der Waals surface area (Å²) in [6.07, 6.45) is 65.0. The fourth-order valence-corrected chi connectivity index (χ4v) is 6.24. The number of aliphatic hydroxyl groups excluding tert-OH is 1. The molecule has 0 aromatic carbocycles. The van der Waals surface area contributed by atoms with Crippen molar-refractivity contribution in [3.05, 3.63) is 120 Å². The standard InChI is InChI=1S/C13H20O2.C12H22O2.C9H14O2.C8H13Br.C8H14O.C8H12O.C4H7I.C4H8O/c1-2-3-4-5-6-8-11-14-13-10-7-9-12-15-13;1-4-7-8-9-10-11-12(13-5-2)14-6-3;1-2-3-7-10-9-6-4-5-8-11-9;3*1-2-3-4-5-6-7-8-9;1-2-3-4-5;1-2-4-5-3-1/h3-4,13H,2,7-12H2,1H3;7-10,12H,4-6,11H2,1-3H3;1,9H,3-8H2;3-6H,2,7-8H2,1H3;3-6,9H,2,7-8H2,1H3;3-6,8H,2,7H2,1H3;3-4H,2H2,1H3;1-4H2/b4-3+;8-7+,10-9-;;3*4-3+,6-5-;4-3+;. The second kappa shape index (κ2) is 84.4. The molecule has 0 aliphatic carbocycles. The lowest BCUT2D eigenvalue weighted by Gasteiger charge is -2.22. The van der Waals surface area contributed by atoms with Crippen LogP contribution in [0.15, 0.2) is 120 Å². The van der Waals surface area contributed by atoms with E-state index in [1.165, 1.54) is 32.1 Å². The van der Waals surface area contributed by atoms with E-state index in [1.54, 1.807) is 0 Å². The van der Waals surface area contributed by atoms with Crippen molar-refractivity contribution in [2.45, 2.75) is 203 Å². The molecule has 0 bridgehead atoms. The molecule has 442 valence electrons. The maximum atomic E-state index is 9.76. The summed E-state index contributed by atoms with van der Waals surface area (Å²) in [7, 11) is 0. The Morgan fingerprint density at radius 2 is 1.05 bits per heavy atom. The fraction of sp³-hybridized carbons (Fsp3) is 0.621. The zero-order valence-electron chi connectivity index (χ0n) is 49.6. The molecule has 0 saturated carbocycles. The van der Waals surface area contributed by atoms with E-state index in [9.17, 15) is 4.79 Å². The summed E-state index contributed by atoms with van der Waals surface area (Å²) in [5, 5.41) is 9.41. The zero-order chi connectivity index (χ0) is 57.9. The highest BCUT2D eigenvalue weighted by Gasteiger charge is 2.13. The molecule has 9 nitrogen and oxygen atoms in total. The lowest BCUT2D eigenvalue weighted by molar-refractivity contribution is -0.161. The third-order valence-electron chi connectivity index (χ3n) is 9.36. The summed E-state index contributed by atoms with van der Waals surface area (Å²) in [5.74, 6) is 8.54. The Hall–Kier alpha value is -2.92. The van der Waals surface area contributed by atoms with Crippen LogP contribution in [0.3, 0.4) is 0 Å². The normalized spacial score (nSPS) is 16.1. The van der Waals surface area contributed by atoms with E-state index >= 15 is 0 Å². The average molecular weight is 1250 g/mol.